The highest BCUT2D eigenvalue weighted by Gasteiger charge is 2.20. The van der Waals surface area contributed by atoms with Gasteiger partial charge in [-0.1, -0.05) is 6.07 Å². The zero-order valence-corrected chi connectivity index (χ0v) is 16.4. The van der Waals surface area contributed by atoms with Crippen LogP contribution in [0, 0.1) is 12.7 Å². The van der Waals surface area contributed by atoms with Crippen molar-refractivity contribution in [3.63, 3.8) is 0 Å². The number of fused-ring (bicyclic) bond motifs is 2. The van der Waals surface area contributed by atoms with Crippen molar-refractivity contribution in [2.45, 2.75) is 25.8 Å². The van der Waals surface area contributed by atoms with Gasteiger partial charge < -0.3 is 5.32 Å². The van der Waals surface area contributed by atoms with Crippen molar-refractivity contribution < 1.29 is 4.39 Å². The summed E-state index contributed by atoms with van der Waals surface area (Å²) in [6, 6.07) is 7.35. The van der Waals surface area contributed by atoms with Crippen LogP contribution in [0.2, 0.25) is 0 Å². The summed E-state index contributed by atoms with van der Waals surface area (Å²) in [6.07, 6.45) is 5.17. The normalized spacial score (nSPS) is 15.4. The molecule has 2 aromatic carbocycles. The lowest BCUT2D eigenvalue weighted by atomic mass is 9.99. The molecule has 1 aliphatic rings. The van der Waals surface area contributed by atoms with Gasteiger partial charge in [-0.15, -0.1) is 0 Å². The van der Waals surface area contributed by atoms with Crippen LogP contribution >= 0.6 is 0 Å². The van der Waals surface area contributed by atoms with Gasteiger partial charge in [0.1, 0.15) is 5.52 Å². The van der Waals surface area contributed by atoms with E-state index in [0.29, 0.717) is 10.9 Å². The molecule has 4 aromatic rings. The minimum Gasteiger partial charge on any atom is -0.317 e. The molecule has 0 radical (unpaired) electrons. The van der Waals surface area contributed by atoms with Crippen LogP contribution in [0.3, 0.4) is 0 Å². The molecule has 0 aliphatic carbocycles. The van der Waals surface area contributed by atoms with Crippen LogP contribution in [0.15, 0.2) is 41.6 Å². The van der Waals surface area contributed by atoms with E-state index >= 15 is 4.39 Å². The van der Waals surface area contributed by atoms with Crippen LogP contribution in [0.1, 0.15) is 24.4 Å². The van der Waals surface area contributed by atoms with Crippen LogP contribution in [0.5, 0.6) is 0 Å². The minimum absolute atomic E-state index is 0.110. The Labute approximate surface area is 167 Å². The Morgan fingerprint density at radius 1 is 1.17 bits per heavy atom. The molecule has 0 unspecified atom stereocenters. The first-order valence-electron chi connectivity index (χ1n) is 9.87. The summed E-state index contributed by atoms with van der Waals surface area (Å²) in [7, 11) is 1.87. The number of benzene rings is 2. The average molecular weight is 391 g/mol. The molecule has 0 amide bonds. The highest BCUT2D eigenvalue weighted by atomic mass is 19.1. The van der Waals surface area contributed by atoms with Crippen molar-refractivity contribution in [2.24, 2.45) is 7.05 Å². The Bertz CT molecular complexity index is 1300. The first-order valence-corrected chi connectivity index (χ1v) is 9.87. The molecule has 0 spiro atoms. The summed E-state index contributed by atoms with van der Waals surface area (Å²) in [4.78, 5) is 17.3. The molecule has 6 nitrogen and oxygen atoms in total. The molecule has 7 heteroatoms. The molecule has 1 N–H and O–H groups in total. The lowest BCUT2D eigenvalue weighted by molar-refractivity contribution is 0.359. The number of aryl methyl sites for hydroxylation is 2. The minimum atomic E-state index is -0.459. The van der Waals surface area contributed by atoms with Crippen LogP contribution in [-0.4, -0.2) is 32.4 Å². The molecule has 2 aromatic heterocycles. The predicted octanol–water partition coefficient (Wildman–Crippen LogP) is 3.32. The van der Waals surface area contributed by atoms with Gasteiger partial charge in [0, 0.05) is 30.2 Å². The van der Waals surface area contributed by atoms with Crippen LogP contribution in [0.25, 0.3) is 32.9 Å². The molecule has 5 rings (SSSR count). The van der Waals surface area contributed by atoms with E-state index in [2.05, 4.69) is 15.4 Å². The predicted molar refractivity (Wildman–Crippen MR) is 112 cm³/mol. The summed E-state index contributed by atoms with van der Waals surface area (Å²) >= 11 is 0. The van der Waals surface area contributed by atoms with Gasteiger partial charge in [0.05, 0.1) is 17.2 Å². The SMILES string of the molecule is Cc1cc(-c2ccc3c(=O)n(C4CCNCC4)cnc3c2F)cc2cn(C)nc12. The van der Waals surface area contributed by atoms with Crippen LogP contribution < -0.4 is 10.9 Å². The van der Waals surface area contributed by atoms with E-state index in [1.165, 1.54) is 6.33 Å². The smallest absolute Gasteiger partial charge is 0.261 e. The zero-order valence-electron chi connectivity index (χ0n) is 16.4. The Morgan fingerprint density at radius 2 is 1.97 bits per heavy atom. The number of aromatic nitrogens is 4. The van der Waals surface area contributed by atoms with E-state index in [-0.39, 0.29) is 17.1 Å². The van der Waals surface area contributed by atoms with Gasteiger partial charge in [0.15, 0.2) is 5.82 Å². The second kappa shape index (κ2) is 6.77. The number of hydrogen-bond donors (Lipinski definition) is 1. The fourth-order valence-electron chi connectivity index (χ4n) is 4.33. The van der Waals surface area contributed by atoms with Gasteiger partial charge in [-0.05, 0) is 62.2 Å². The van der Waals surface area contributed by atoms with Crippen molar-refractivity contribution in [3.8, 4) is 11.1 Å². The third-order valence-electron chi connectivity index (χ3n) is 5.82. The fraction of sp³-hybridized carbons (Fsp3) is 0.318. The van der Waals surface area contributed by atoms with Gasteiger partial charge in [0.2, 0.25) is 0 Å². The Hall–Kier alpha value is -3.06. The number of nitrogens with zero attached hydrogens (tertiary/aromatic N) is 4. The van der Waals surface area contributed by atoms with E-state index in [4.69, 9.17) is 0 Å². The number of hydrogen-bond acceptors (Lipinski definition) is 4. The molecule has 0 bridgehead atoms. The number of halogens is 1. The summed E-state index contributed by atoms with van der Waals surface area (Å²) in [5, 5.41) is 9.02. The molecular formula is C22H22FN5O. The van der Waals surface area contributed by atoms with E-state index in [9.17, 15) is 4.79 Å². The second-order valence-corrected chi connectivity index (χ2v) is 7.80. The van der Waals surface area contributed by atoms with Crippen molar-refractivity contribution in [2.75, 3.05) is 13.1 Å². The summed E-state index contributed by atoms with van der Waals surface area (Å²) in [6.45, 7) is 3.71. The van der Waals surface area contributed by atoms with Gasteiger partial charge >= 0.3 is 0 Å². The molecular weight excluding hydrogens is 369 g/mol. The van der Waals surface area contributed by atoms with Gasteiger partial charge in [-0.25, -0.2) is 9.37 Å². The second-order valence-electron chi connectivity index (χ2n) is 7.80. The summed E-state index contributed by atoms with van der Waals surface area (Å²) < 4.78 is 18.8. The lowest BCUT2D eigenvalue weighted by Crippen LogP contribution is -2.34. The standard InChI is InChI=1S/C22H22FN5O/c1-13-9-14(10-15-11-27(2)26-20(13)15)17-3-4-18-21(19(17)23)25-12-28(22(18)29)16-5-7-24-8-6-16/h3-4,9-12,16,24H,5-8H2,1-2H3. The molecule has 148 valence electrons. The van der Waals surface area contributed by atoms with Crippen molar-refractivity contribution in [3.05, 3.63) is 58.5 Å². The Morgan fingerprint density at radius 3 is 2.76 bits per heavy atom. The Balaban J connectivity index is 1.65. The van der Waals surface area contributed by atoms with Crippen molar-refractivity contribution in [1.29, 1.82) is 0 Å². The average Bonchev–Trinajstić information content (AvgIpc) is 3.10. The van der Waals surface area contributed by atoms with Crippen LogP contribution in [-0.2, 0) is 7.05 Å². The van der Waals surface area contributed by atoms with E-state index < -0.39 is 5.82 Å². The maximum Gasteiger partial charge on any atom is 0.261 e. The highest BCUT2D eigenvalue weighted by Crippen LogP contribution is 2.31. The van der Waals surface area contributed by atoms with Crippen molar-refractivity contribution >= 4 is 21.8 Å². The third kappa shape index (κ3) is 2.93. The number of nitrogens with one attached hydrogen (secondary N) is 1. The largest absolute Gasteiger partial charge is 0.317 e. The molecule has 29 heavy (non-hydrogen) atoms. The van der Waals surface area contributed by atoms with E-state index in [1.54, 1.807) is 21.4 Å². The fourth-order valence-corrected chi connectivity index (χ4v) is 4.33. The molecule has 1 fully saturated rings. The molecule has 0 saturated carbocycles. The monoisotopic (exact) mass is 391 g/mol. The van der Waals surface area contributed by atoms with Gasteiger partial charge in [-0.2, -0.15) is 5.10 Å². The maximum atomic E-state index is 15.4. The summed E-state index contributed by atoms with van der Waals surface area (Å²) in [5.74, 6) is -0.459. The zero-order chi connectivity index (χ0) is 20.1. The van der Waals surface area contributed by atoms with Crippen LogP contribution in [0.4, 0.5) is 4.39 Å². The first-order chi connectivity index (χ1) is 14.0. The molecule has 0 atom stereocenters. The third-order valence-corrected chi connectivity index (χ3v) is 5.82. The lowest BCUT2D eigenvalue weighted by Gasteiger charge is -2.24. The molecule has 1 saturated heterocycles. The van der Waals surface area contributed by atoms with Crippen molar-refractivity contribution in [1.82, 2.24) is 24.6 Å². The molecule has 3 heterocycles. The van der Waals surface area contributed by atoms with E-state index in [1.807, 2.05) is 32.3 Å². The quantitative estimate of drug-likeness (QED) is 0.569. The highest BCUT2D eigenvalue weighted by molar-refractivity contribution is 5.90. The van der Waals surface area contributed by atoms with E-state index in [0.717, 1.165) is 48.0 Å². The van der Waals surface area contributed by atoms with Gasteiger partial charge in [-0.3, -0.25) is 14.0 Å². The summed E-state index contributed by atoms with van der Waals surface area (Å²) in [5.41, 5.74) is 3.03. The first kappa shape index (κ1) is 18.0. The number of rotatable bonds is 2. The number of piperidine rings is 1. The van der Waals surface area contributed by atoms with Gasteiger partial charge in [0.25, 0.3) is 5.56 Å². The topological polar surface area (TPSA) is 64.7 Å². The molecule has 1 aliphatic heterocycles. The maximum absolute atomic E-state index is 15.4. The Kier molecular flexibility index (Phi) is 4.20.